The van der Waals surface area contributed by atoms with Gasteiger partial charge in [0.05, 0.1) is 12.7 Å². The molecule has 132 valence electrons. The van der Waals surface area contributed by atoms with Crippen molar-refractivity contribution in [2.45, 2.75) is 38.6 Å². The minimum Gasteiger partial charge on any atom is -0.375 e. The first kappa shape index (κ1) is 16.6. The van der Waals surface area contributed by atoms with E-state index in [4.69, 9.17) is 4.74 Å². The van der Waals surface area contributed by atoms with E-state index in [1.165, 1.54) is 11.1 Å². The average Bonchev–Trinajstić information content (AvgIpc) is 2.65. The first-order valence-corrected chi connectivity index (χ1v) is 9.02. The molecule has 2 aromatic heterocycles. The van der Waals surface area contributed by atoms with E-state index < -0.39 is 0 Å². The van der Waals surface area contributed by atoms with E-state index in [0.717, 1.165) is 51.6 Å². The summed E-state index contributed by atoms with van der Waals surface area (Å²) in [5, 5.41) is 0. The molecule has 0 spiro atoms. The lowest BCUT2D eigenvalue weighted by Crippen LogP contribution is -2.59. The molecule has 2 aromatic rings. The summed E-state index contributed by atoms with van der Waals surface area (Å²) in [5.41, 5.74) is 2.50. The van der Waals surface area contributed by atoms with Crippen molar-refractivity contribution in [3.63, 3.8) is 0 Å². The molecule has 6 nitrogen and oxygen atoms in total. The number of hydrogen-bond acceptors (Lipinski definition) is 6. The fourth-order valence-corrected chi connectivity index (χ4v) is 3.83. The van der Waals surface area contributed by atoms with Gasteiger partial charge in [0.1, 0.15) is 5.82 Å². The van der Waals surface area contributed by atoms with Gasteiger partial charge in [0, 0.05) is 69.1 Å². The third kappa shape index (κ3) is 4.03. The van der Waals surface area contributed by atoms with Gasteiger partial charge in [0.2, 0.25) is 0 Å². The molecule has 2 aliphatic heterocycles. The Bertz CT molecular complexity index is 678. The van der Waals surface area contributed by atoms with E-state index in [1.807, 2.05) is 31.7 Å². The van der Waals surface area contributed by atoms with E-state index in [9.17, 15) is 0 Å². The monoisotopic (exact) mass is 339 g/mol. The maximum Gasteiger partial charge on any atom is 0.125 e. The van der Waals surface area contributed by atoms with Gasteiger partial charge in [0.25, 0.3) is 0 Å². The number of ether oxygens (including phenoxy) is 1. The summed E-state index contributed by atoms with van der Waals surface area (Å²) in [7, 11) is 0. The molecule has 2 fully saturated rings. The SMILES string of the molecule is Cc1ncc(CN2CC[C@@H]3OCCN(Cc4ccncc4)[C@H]3C2)cn1. The van der Waals surface area contributed by atoms with Crippen molar-refractivity contribution in [1.82, 2.24) is 24.8 Å². The zero-order chi connectivity index (χ0) is 17.1. The number of rotatable bonds is 4. The first-order valence-electron chi connectivity index (χ1n) is 9.02. The van der Waals surface area contributed by atoms with Gasteiger partial charge in [-0.15, -0.1) is 0 Å². The summed E-state index contributed by atoms with van der Waals surface area (Å²) in [4.78, 5) is 17.8. The maximum absolute atomic E-state index is 6.06. The van der Waals surface area contributed by atoms with E-state index >= 15 is 0 Å². The van der Waals surface area contributed by atoms with Crippen molar-refractivity contribution in [2.75, 3.05) is 26.2 Å². The lowest BCUT2D eigenvalue weighted by Gasteiger charge is -2.47. The number of pyridine rings is 1. The van der Waals surface area contributed by atoms with Crippen LogP contribution >= 0.6 is 0 Å². The zero-order valence-corrected chi connectivity index (χ0v) is 14.7. The third-order valence-corrected chi connectivity index (χ3v) is 5.16. The van der Waals surface area contributed by atoms with Crippen LogP contribution in [0.2, 0.25) is 0 Å². The Labute approximate surface area is 148 Å². The largest absolute Gasteiger partial charge is 0.375 e. The lowest BCUT2D eigenvalue weighted by atomic mass is 9.97. The number of hydrogen-bond donors (Lipinski definition) is 0. The predicted molar refractivity (Wildman–Crippen MR) is 94.8 cm³/mol. The Morgan fingerprint density at radius 1 is 1.08 bits per heavy atom. The number of likely N-dealkylation sites (tertiary alicyclic amines) is 1. The zero-order valence-electron chi connectivity index (χ0n) is 14.7. The van der Waals surface area contributed by atoms with Crippen LogP contribution in [-0.2, 0) is 17.8 Å². The van der Waals surface area contributed by atoms with Gasteiger partial charge in [0.15, 0.2) is 0 Å². The Hall–Kier alpha value is -1.89. The second-order valence-electron chi connectivity index (χ2n) is 6.96. The fraction of sp³-hybridized carbons (Fsp3) is 0.526. The molecule has 6 heteroatoms. The highest BCUT2D eigenvalue weighted by molar-refractivity contribution is 5.11. The van der Waals surface area contributed by atoms with Crippen LogP contribution in [0.5, 0.6) is 0 Å². The molecule has 4 heterocycles. The fourth-order valence-electron chi connectivity index (χ4n) is 3.83. The average molecular weight is 339 g/mol. The smallest absolute Gasteiger partial charge is 0.125 e. The highest BCUT2D eigenvalue weighted by atomic mass is 16.5. The van der Waals surface area contributed by atoms with Gasteiger partial charge < -0.3 is 4.74 Å². The summed E-state index contributed by atoms with van der Waals surface area (Å²) in [6, 6.07) is 4.66. The number of aryl methyl sites for hydroxylation is 1. The highest BCUT2D eigenvalue weighted by Gasteiger charge is 2.36. The molecule has 0 aliphatic carbocycles. The molecule has 0 amide bonds. The summed E-state index contributed by atoms with van der Waals surface area (Å²) in [6.45, 7) is 7.72. The van der Waals surface area contributed by atoms with Gasteiger partial charge in [-0.25, -0.2) is 9.97 Å². The summed E-state index contributed by atoms with van der Waals surface area (Å²) < 4.78 is 6.06. The van der Waals surface area contributed by atoms with Crippen LogP contribution in [0.3, 0.4) is 0 Å². The lowest BCUT2D eigenvalue weighted by molar-refractivity contribution is -0.107. The predicted octanol–water partition coefficient (Wildman–Crippen LogP) is 1.66. The molecule has 0 saturated carbocycles. The number of morpholine rings is 1. The van der Waals surface area contributed by atoms with Crippen molar-refractivity contribution in [3.05, 3.63) is 53.9 Å². The van der Waals surface area contributed by atoms with Crippen LogP contribution < -0.4 is 0 Å². The van der Waals surface area contributed by atoms with Crippen molar-refractivity contribution >= 4 is 0 Å². The summed E-state index contributed by atoms with van der Waals surface area (Å²) in [5.74, 6) is 0.826. The van der Waals surface area contributed by atoms with Crippen LogP contribution in [0.25, 0.3) is 0 Å². The van der Waals surface area contributed by atoms with Crippen LogP contribution in [-0.4, -0.2) is 63.1 Å². The Kier molecular flexibility index (Phi) is 5.01. The van der Waals surface area contributed by atoms with E-state index in [0.29, 0.717) is 12.1 Å². The molecular weight excluding hydrogens is 314 g/mol. The second-order valence-corrected chi connectivity index (χ2v) is 6.96. The molecule has 0 radical (unpaired) electrons. The highest BCUT2D eigenvalue weighted by Crippen LogP contribution is 2.25. The van der Waals surface area contributed by atoms with Gasteiger partial charge in [-0.3, -0.25) is 14.8 Å². The standard InChI is InChI=1S/C19H25N5O/c1-15-21-10-17(11-22-15)12-23-7-4-19-18(14-23)24(8-9-25-19)13-16-2-5-20-6-3-16/h2-3,5-6,10-11,18-19H,4,7-9,12-14H2,1H3/t18-,19-/m0/s1. The Morgan fingerprint density at radius 2 is 1.88 bits per heavy atom. The van der Waals surface area contributed by atoms with Gasteiger partial charge >= 0.3 is 0 Å². The maximum atomic E-state index is 6.06. The van der Waals surface area contributed by atoms with Crippen molar-refractivity contribution in [1.29, 1.82) is 0 Å². The van der Waals surface area contributed by atoms with Crippen LogP contribution in [0.15, 0.2) is 36.9 Å². The first-order chi connectivity index (χ1) is 12.3. The molecule has 0 N–H and O–H groups in total. The molecule has 0 bridgehead atoms. The minimum absolute atomic E-state index is 0.348. The number of aromatic nitrogens is 3. The Balaban J connectivity index is 1.42. The van der Waals surface area contributed by atoms with Crippen LogP contribution in [0, 0.1) is 6.92 Å². The van der Waals surface area contributed by atoms with Gasteiger partial charge in [-0.05, 0) is 31.0 Å². The molecule has 4 rings (SSSR count). The normalized spacial score (nSPS) is 24.8. The van der Waals surface area contributed by atoms with Gasteiger partial charge in [-0.2, -0.15) is 0 Å². The molecule has 0 aromatic carbocycles. The van der Waals surface area contributed by atoms with Gasteiger partial charge in [-0.1, -0.05) is 0 Å². The Morgan fingerprint density at radius 3 is 2.68 bits per heavy atom. The molecule has 0 unspecified atom stereocenters. The molecular formula is C19H25N5O. The number of piperidine rings is 1. The molecule has 2 saturated heterocycles. The summed E-state index contributed by atoms with van der Waals surface area (Å²) >= 11 is 0. The van der Waals surface area contributed by atoms with E-state index in [-0.39, 0.29) is 0 Å². The van der Waals surface area contributed by atoms with Crippen LogP contribution in [0.1, 0.15) is 23.4 Å². The van der Waals surface area contributed by atoms with Crippen molar-refractivity contribution in [3.8, 4) is 0 Å². The van der Waals surface area contributed by atoms with Crippen molar-refractivity contribution in [2.24, 2.45) is 0 Å². The van der Waals surface area contributed by atoms with Crippen LogP contribution in [0.4, 0.5) is 0 Å². The van der Waals surface area contributed by atoms with E-state index in [2.05, 4.69) is 36.9 Å². The van der Waals surface area contributed by atoms with Crippen molar-refractivity contribution < 1.29 is 4.74 Å². The summed E-state index contributed by atoms with van der Waals surface area (Å²) in [6.07, 6.45) is 9.07. The minimum atomic E-state index is 0.348. The van der Waals surface area contributed by atoms with E-state index in [1.54, 1.807) is 0 Å². The third-order valence-electron chi connectivity index (χ3n) is 5.16. The number of fused-ring (bicyclic) bond motifs is 1. The molecule has 2 atom stereocenters. The molecule has 25 heavy (non-hydrogen) atoms. The number of nitrogens with zero attached hydrogens (tertiary/aromatic N) is 5. The quantitative estimate of drug-likeness (QED) is 0.844. The second kappa shape index (κ2) is 7.56. The molecule has 2 aliphatic rings. The topological polar surface area (TPSA) is 54.4 Å².